The summed E-state index contributed by atoms with van der Waals surface area (Å²) in [5, 5.41) is 19.8. The zero-order valence-corrected chi connectivity index (χ0v) is 14.8. The molecule has 0 aliphatic carbocycles. The first-order valence-electron chi connectivity index (χ1n) is 6.03. The number of carbonyl (C=O) groups is 1. The van der Waals surface area contributed by atoms with Gasteiger partial charge in [-0.3, -0.25) is 4.79 Å². The van der Waals surface area contributed by atoms with Crippen molar-refractivity contribution in [1.29, 1.82) is 0 Å². The molecule has 0 spiro atoms. The van der Waals surface area contributed by atoms with E-state index in [0.717, 1.165) is 10.2 Å². The van der Waals surface area contributed by atoms with Crippen molar-refractivity contribution in [2.75, 3.05) is 0 Å². The van der Waals surface area contributed by atoms with Gasteiger partial charge in [-0.2, -0.15) is 0 Å². The summed E-state index contributed by atoms with van der Waals surface area (Å²) < 4.78 is 0.934. The van der Waals surface area contributed by atoms with E-state index in [1.165, 1.54) is 17.4 Å². The summed E-state index contributed by atoms with van der Waals surface area (Å²) in [6.07, 6.45) is 0. The van der Waals surface area contributed by atoms with Gasteiger partial charge in [0.15, 0.2) is 0 Å². The molecule has 4 nitrogen and oxygen atoms in total. The van der Waals surface area contributed by atoms with Crippen LogP contribution in [0.25, 0.3) is 10.2 Å². The van der Waals surface area contributed by atoms with E-state index in [4.69, 9.17) is 0 Å². The van der Waals surface area contributed by atoms with Crippen LogP contribution < -0.4 is 0 Å². The second-order valence-corrected chi connectivity index (χ2v) is 5.41. The summed E-state index contributed by atoms with van der Waals surface area (Å²) in [5.41, 5.74) is 1.13. The molecule has 0 fully saturated rings. The first-order valence-corrected chi connectivity index (χ1v) is 6.84. The Kier molecular flexibility index (Phi) is 4.71. The third-order valence-corrected chi connectivity index (χ3v) is 4.15. The second kappa shape index (κ2) is 6.33. The molecule has 0 aliphatic rings. The van der Waals surface area contributed by atoms with E-state index in [0.29, 0.717) is 10.6 Å². The Balaban J connectivity index is 0.00000161. The van der Waals surface area contributed by atoms with E-state index in [1.54, 1.807) is 18.2 Å². The average Bonchev–Trinajstić information content (AvgIpc) is 2.84. The average molecular weight is 351 g/mol. The van der Waals surface area contributed by atoms with Crippen LogP contribution in [0.2, 0.25) is 0 Å². The second-order valence-electron chi connectivity index (χ2n) is 4.35. The van der Waals surface area contributed by atoms with Crippen molar-refractivity contribution in [3.8, 4) is 5.75 Å². The van der Waals surface area contributed by atoms with E-state index in [1.807, 2.05) is 24.3 Å². The molecule has 0 bridgehead atoms. The zero-order chi connectivity index (χ0) is 14.1. The molecule has 2 N–H and O–H groups in total. The van der Waals surface area contributed by atoms with Crippen molar-refractivity contribution in [2.24, 2.45) is 0 Å². The molecule has 0 aliphatic heterocycles. The number of aromatic nitrogens is 1. The summed E-state index contributed by atoms with van der Waals surface area (Å²) >= 11 is 1.33. The van der Waals surface area contributed by atoms with Crippen LogP contribution in [0.5, 0.6) is 5.75 Å². The first kappa shape index (κ1) is 15.6. The monoisotopic (exact) mass is 349 g/mol. The van der Waals surface area contributed by atoms with Gasteiger partial charge in [-0.1, -0.05) is 30.3 Å². The van der Waals surface area contributed by atoms with Crippen molar-refractivity contribution in [3.63, 3.8) is 0 Å². The number of hydrogen-bond acceptors (Lipinski definition) is 4. The molecule has 102 valence electrons. The number of nitrogens with zero attached hydrogens (tertiary/aromatic N) is 1. The normalized spacial score (nSPS) is 11.8. The SMILES string of the molecule is O=C(O)C(c1nc2ccccc2s1)c1ccccc1O.[Zn]. The standard InChI is InChI=1S/C15H11NO3S.Zn/c17-11-7-3-1-5-9(11)13(15(18)19)14-16-10-6-2-4-8-12(10)20-14;/h1-8,13,17H,(H,18,19);. The van der Waals surface area contributed by atoms with E-state index in [-0.39, 0.29) is 25.2 Å². The molecular weight excluding hydrogens is 340 g/mol. The molecule has 6 heteroatoms. The van der Waals surface area contributed by atoms with Gasteiger partial charge in [0, 0.05) is 25.0 Å². The largest absolute Gasteiger partial charge is 0.508 e. The van der Waals surface area contributed by atoms with Crippen LogP contribution in [0.4, 0.5) is 0 Å². The van der Waals surface area contributed by atoms with Crippen LogP contribution in [0.3, 0.4) is 0 Å². The van der Waals surface area contributed by atoms with E-state index < -0.39 is 11.9 Å². The first-order chi connectivity index (χ1) is 9.66. The maximum Gasteiger partial charge on any atom is 0.318 e. The molecule has 2 aromatic carbocycles. The number of phenols is 1. The molecular formula is C15H11NO3SZn. The molecule has 0 saturated carbocycles. The summed E-state index contributed by atoms with van der Waals surface area (Å²) in [6, 6.07) is 14.0. The molecule has 0 amide bonds. The predicted molar refractivity (Wildman–Crippen MR) is 77.2 cm³/mol. The minimum absolute atomic E-state index is 0. The molecule has 3 aromatic rings. The number of carboxylic acid groups (broad SMARTS) is 1. The Morgan fingerprint density at radius 2 is 1.76 bits per heavy atom. The third kappa shape index (κ3) is 2.96. The maximum atomic E-state index is 11.6. The molecule has 0 saturated heterocycles. The van der Waals surface area contributed by atoms with Gasteiger partial charge in [0.2, 0.25) is 0 Å². The Morgan fingerprint density at radius 1 is 1.10 bits per heavy atom. The van der Waals surface area contributed by atoms with Crippen LogP contribution >= 0.6 is 11.3 Å². The number of rotatable bonds is 3. The Hall–Kier alpha value is -1.78. The number of hydrogen-bond donors (Lipinski definition) is 2. The minimum Gasteiger partial charge on any atom is -0.508 e. The number of aromatic hydroxyl groups is 1. The minimum atomic E-state index is -1.02. The van der Waals surface area contributed by atoms with Gasteiger partial charge in [-0.05, 0) is 18.2 Å². The molecule has 3 rings (SSSR count). The van der Waals surface area contributed by atoms with Crippen LogP contribution in [0.15, 0.2) is 48.5 Å². The van der Waals surface area contributed by atoms with Crippen molar-refractivity contribution < 1.29 is 34.5 Å². The summed E-state index contributed by atoms with van der Waals surface area (Å²) in [7, 11) is 0. The predicted octanol–water partition coefficient (Wildman–Crippen LogP) is 3.22. The Morgan fingerprint density at radius 3 is 2.43 bits per heavy atom. The van der Waals surface area contributed by atoms with Crippen molar-refractivity contribution in [3.05, 3.63) is 59.1 Å². The van der Waals surface area contributed by atoms with Crippen molar-refractivity contribution in [2.45, 2.75) is 5.92 Å². The van der Waals surface area contributed by atoms with Crippen LogP contribution in [0, 0.1) is 0 Å². The van der Waals surface area contributed by atoms with Crippen LogP contribution in [-0.4, -0.2) is 21.2 Å². The molecule has 21 heavy (non-hydrogen) atoms. The molecule has 0 radical (unpaired) electrons. The van der Waals surface area contributed by atoms with Crippen LogP contribution in [-0.2, 0) is 24.3 Å². The van der Waals surface area contributed by atoms with E-state index in [2.05, 4.69) is 4.98 Å². The maximum absolute atomic E-state index is 11.6. The van der Waals surface area contributed by atoms with Gasteiger partial charge in [-0.15, -0.1) is 11.3 Å². The van der Waals surface area contributed by atoms with Gasteiger partial charge >= 0.3 is 5.97 Å². The zero-order valence-electron chi connectivity index (χ0n) is 11.1. The van der Waals surface area contributed by atoms with E-state index >= 15 is 0 Å². The fourth-order valence-electron chi connectivity index (χ4n) is 2.12. The third-order valence-electron chi connectivity index (χ3n) is 3.05. The molecule has 1 aromatic heterocycles. The molecule has 1 unspecified atom stereocenters. The molecule has 1 atom stereocenters. The fraction of sp³-hybridized carbons (Fsp3) is 0.0667. The number of benzene rings is 2. The number of aliphatic carboxylic acids is 1. The Bertz CT molecular complexity index is 754. The Labute approximate surface area is 137 Å². The summed E-state index contributed by atoms with van der Waals surface area (Å²) in [4.78, 5) is 16.0. The summed E-state index contributed by atoms with van der Waals surface area (Å²) in [5.74, 6) is -2.00. The number of fused-ring (bicyclic) bond motifs is 1. The number of para-hydroxylation sites is 2. The van der Waals surface area contributed by atoms with Crippen molar-refractivity contribution >= 4 is 27.5 Å². The molecule has 1 heterocycles. The quantitative estimate of drug-likeness (QED) is 0.712. The number of phenolic OH excluding ortho intramolecular Hbond substituents is 1. The van der Waals surface area contributed by atoms with Crippen molar-refractivity contribution in [1.82, 2.24) is 4.98 Å². The summed E-state index contributed by atoms with van der Waals surface area (Å²) in [6.45, 7) is 0. The number of thiazole rings is 1. The number of carboxylic acids is 1. The van der Waals surface area contributed by atoms with Gasteiger partial charge < -0.3 is 10.2 Å². The fourth-order valence-corrected chi connectivity index (χ4v) is 3.20. The van der Waals surface area contributed by atoms with E-state index in [9.17, 15) is 15.0 Å². The van der Waals surface area contributed by atoms with Crippen LogP contribution in [0.1, 0.15) is 16.5 Å². The van der Waals surface area contributed by atoms with Gasteiger partial charge in [0.05, 0.1) is 10.2 Å². The smallest absolute Gasteiger partial charge is 0.318 e. The van der Waals surface area contributed by atoms with Gasteiger partial charge in [0.1, 0.15) is 16.7 Å². The van der Waals surface area contributed by atoms with Gasteiger partial charge in [-0.25, -0.2) is 4.98 Å². The topological polar surface area (TPSA) is 70.4 Å². The van der Waals surface area contributed by atoms with Gasteiger partial charge in [0.25, 0.3) is 0 Å².